The van der Waals surface area contributed by atoms with Crippen LogP contribution in [-0.2, 0) is 17.8 Å². The molecule has 11 heteroatoms. The minimum Gasteiger partial charge on any atom is -0.350 e. The third-order valence-corrected chi connectivity index (χ3v) is 8.26. The van der Waals surface area contributed by atoms with Gasteiger partial charge in [0.05, 0.1) is 11.7 Å². The van der Waals surface area contributed by atoms with Crippen LogP contribution in [0.1, 0.15) is 50.1 Å². The monoisotopic (exact) mass is 540 g/mol. The lowest BCUT2D eigenvalue weighted by atomic mass is 9.83. The van der Waals surface area contributed by atoms with Crippen molar-refractivity contribution in [1.82, 2.24) is 25.1 Å². The lowest BCUT2D eigenvalue weighted by molar-refractivity contribution is -0.133. The molecule has 1 aromatic carbocycles. The number of benzene rings is 1. The van der Waals surface area contributed by atoms with Gasteiger partial charge in [-0.1, -0.05) is 11.6 Å². The molecule has 0 bridgehead atoms. The number of rotatable bonds is 4. The summed E-state index contributed by atoms with van der Waals surface area (Å²) in [6, 6.07) is 6.53. The number of nitrogens with zero attached hydrogens (tertiary/aromatic N) is 4. The molecule has 2 atom stereocenters. The van der Waals surface area contributed by atoms with Gasteiger partial charge in [-0.15, -0.1) is 11.3 Å². The van der Waals surface area contributed by atoms with E-state index < -0.39 is 11.9 Å². The molecule has 2 N–H and O–H groups in total. The third kappa shape index (κ3) is 5.46. The van der Waals surface area contributed by atoms with Gasteiger partial charge in [0.1, 0.15) is 5.69 Å². The van der Waals surface area contributed by atoms with Gasteiger partial charge in [-0.25, -0.2) is 9.98 Å². The van der Waals surface area contributed by atoms with E-state index in [-0.39, 0.29) is 17.7 Å². The van der Waals surface area contributed by atoms with E-state index in [1.165, 1.54) is 11.3 Å². The van der Waals surface area contributed by atoms with Crippen LogP contribution in [0.2, 0.25) is 5.02 Å². The molecule has 0 saturated heterocycles. The van der Waals surface area contributed by atoms with Crippen LogP contribution in [0, 0.1) is 5.92 Å². The van der Waals surface area contributed by atoms with Gasteiger partial charge in [-0.3, -0.25) is 14.4 Å². The molecule has 3 heterocycles. The highest BCUT2D eigenvalue weighted by molar-refractivity contribution is 7.13. The van der Waals surface area contributed by atoms with Crippen molar-refractivity contribution in [3.63, 3.8) is 0 Å². The number of amides is 3. The van der Waals surface area contributed by atoms with Crippen molar-refractivity contribution in [2.45, 2.75) is 38.3 Å². The smallest absolute Gasteiger partial charge is 0.293 e. The van der Waals surface area contributed by atoms with Crippen molar-refractivity contribution >= 4 is 57.3 Å². The summed E-state index contributed by atoms with van der Waals surface area (Å²) >= 11 is 7.48. The van der Waals surface area contributed by atoms with E-state index in [0.717, 1.165) is 41.0 Å². The molecule has 0 radical (unpaired) electrons. The second-order valence-electron chi connectivity index (χ2n) is 9.93. The van der Waals surface area contributed by atoms with Crippen molar-refractivity contribution in [3.8, 4) is 0 Å². The molecule has 3 amide bonds. The van der Waals surface area contributed by atoms with Crippen LogP contribution in [0.3, 0.4) is 0 Å². The number of thiazole rings is 1. The van der Waals surface area contributed by atoms with E-state index >= 15 is 0 Å². The Morgan fingerprint density at radius 2 is 2.05 bits per heavy atom. The van der Waals surface area contributed by atoms with Crippen molar-refractivity contribution in [2.75, 3.05) is 27.7 Å². The number of hydrogen-bond donors (Lipinski definition) is 2. The summed E-state index contributed by atoms with van der Waals surface area (Å²) < 4.78 is 0. The van der Waals surface area contributed by atoms with Crippen LogP contribution in [0.15, 0.2) is 29.3 Å². The molecule has 2 aliphatic rings. The Balaban J connectivity index is 1.39. The fourth-order valence-electron chi connectivity index (χ4n) is 4.95. The number of H-pyrrole nitrogens is 1. The molecule has 1 aliphatic carbocycles. The van der Waals surface area contributed by atoms with E-state index in [9.17, 15) is 14.4 Å². The molecule has 5 rings (SSSR count). The number of nitrogens with one attached hydrogen (secondary N) is 2. The average Bonchev–Trinajstić information content (AvgIpc) is 3.48. The number of hydrogen-bond acceptors (Lipinski definition) is 6. The maximum Gasteiger partial charge on any atom is 0.293 e. The molecule has 0 spiro atoms. The van der Waals surface area contributed by atoms with E-state index in [0.29, 0.717) is 40.7 Å². The number of aromatic nitrogens is 2. The standard InChI is InChI=1S/C26H29ClN6O3S/c1-32(2)26(36)14-4-6-18(29-23(34)21-12-15-10-16(27)5-7-17(15)28-21)20(11-14)30-24(35)25-31-19-8-9-33(3)13-22(19)37-25/h5,7,10,12,14,20,28H,4,6,8-9,11,13H2,1-3H3,(H,30,35)/t14-,20-/m1/s1. The summed E-state index contributed by atoms with van der Waals surface area (Å²) in [5, 5.41) is 4.84. The normalized spacial score (nSPS) is 21.1. The van der Waals surface area contributed by atoms with Gasteiger partial charge >= 0.3 is 0 Å². The molecular formula is C26H29ClN6O3S. The summed E-state index contributed by atoms with van der Waals surface area (Å²) in [5.74, 6) is -0.982. The Morgan fingerprint density at radius 3 is 2.84 bits per heavy atom. The fourth-order valence-corrected chi connectivity index (χ4v) is 6.22. The largest absolute Gasteiger partial charge is 0.350 e. The minimum atomic E-state index is -0.540. The van der Waals surface area contributed by atoms with Gasteiger partial charge in [0.25, 0.3) is 11.8 Å². The van der Waals surface area contributed by atoms with Gasteiger partial charge in [0.2, 0.25) is 5.91 Å². The van der Waals surface area contributed by atoms with Crippen molar-refractivity contribution in [2.24, 2.45) is 10.9 Å². The van der Waals surface area contributed by atoms with Crippen molar-refractivity contribution in [3.05, 3.63) is 50.6 Å². The summed E-state index contributed by atoms with van der Waals surface area (Å²) in [6.45, 7) is 1.69. The van der Waals surface area contributed by atoms with Gasteiger partial charge < -0.3 is 20.1 Å². The molecule has 0 unspecified atom stereocenters. The number of carbonyl (C=O) groups is 3. The number of halogens is 1. The quantitative estimate of drug-likeness (QED) is 0.526. The molecule has 1 fully saturated rings. The zero-order valence-electron chi connectivity index (χ0n) is 21.0. The lowest BCUT2D eigenvalue weighted by Gasteiger charge is -2.31. The number of likely N-dealkylation sites (N-methyl/N-ethyl adjacent to an activating group) is 1. The molecule has 2 aromatic heterocycles. The molecular weight excluding hydrogens is 512 g/mol. The summed E-state index contributed by atoms with van der Waals surface area (Å²) in [4.78, 5) is 56.0. The average molecular weight is 541 g/mol. The number of aliphatic imine (C=N–C) groups is 1. The first-order chi connectivity index (χ1) is 17.7. The van der Waals surface area contributed by atoms with Crippen LogP contribution in [-0.4, -0.2) is 76.9 Å². The summed E-state index contributed by atoms with van der Waals surface area (Å²) in [7, 11) is 5.50. The molecule has 3 aromatic rings. The van der Waals surface area contributed by atoms with Crippen LogP contribution in [0.5, 0.6) is 0 Å². The zero-order chi connectivity index (χ0) is 26.3. The minimum absolute atomic E-state index is 0.00451. The van der Waals surface area contributed by atoms with Gasteiger partial charge in [0, 0.05) is 66.0 Å². The van der Waals surface area contributed by atoms with Crippen LogP contribution < -0.4 is 5.32 Å². The number of carbonyl (C=O) groups excluding carboxylic acids is 3. The van der Waals surface area contributed by atoms with Crippen molar-refractivity contribution < 1.29 is 14.4 Å². The Labute approximate surface area is 223 Å². The van der Waals surface area contributed by atoms with Crippen LogP contribution >= 0.6 is 22.9 Å². The predicted molar refractivity (Wildman–Crippen MR) is 145 cm³/mol. The molecule has 9 nitrogen and oxygen atoms in total. The third-order valence-electron chi connectivity index (χ3n) is 6.94. The number of aromatic amines is 1. The molecule has 1 saturated carbocycles. The van der Waals surface area contributed by atoms with Crippen LogP contribution in [0.4, 0.5) is 0 Å². The maximum atomic E-state index is 13.2. The summed E-state index contributed by atoms with van der Waals surface area (Å²) in [5.41, 5.74) is 2.67. The van der Waals surface area contributed by atoms with E-state index in [1.807, 2.05) is 13.1 Å². The molecule has 194 valence electrons. The predicted octanol–water partition coefficient (Wildman–Crippen LogP) is 3.53. The molecule has 1 aliphatic heterocycles. The van der Waals surface area contributed by atoms with E-state index in [2.05, 4.69) is 25.2 Å². The highest BCUT2D eigenvalue weighted by Gasteiger charge is 2.34. The zero-order valence-corrected chi connectivity index (χ0v) is 22.6. The van der Waals surface area contributed by atoms with Gasteiger partial charge in [-0.05, 0) is 50.6 Å². The summed E-state index contributed by atoms with van der Waals surface area (Å²) in [6.07, 6.45) is 2.20. The Bertz CT molecular complexity index is 1410. The molecule has 37 heavy (non-hydrogen) atoms. The Morgan fingerprint density at radius 1 is 1.24 bits per heavy atom. The van der Waals surface area contributed by atoms with Gasteiger partial charge in [0.15, 0.2) is 5.01 Å². The topological polar surface area (TPSA) is 111 Å². The highest BCUT2D eigenvalue weighted by atomic mass is 35.5. The first-order valence-electron chi connectivity index (χ1n) is 12.3. The second-order valence-corrected chi connectivity index (χ2v) is 11.4. The van der Waals surface area contributed by atoms with Crippen LogP contribution in [0.25, 0.3) is 10.9 Å². The second kappa shape index (κ2) is 10.4. The number of fused-ring (bicyclic) bond motifs is 2. The van der Waals surface area contributed by atoms with E-state index in [1.54, 1.807) is 37.2 Å². The lowest BCUT2D eigenvalue weighted by Crippen LogP contribution is -2.47. The van der Waals surface area contributed by atoms with E-state index in [4.69, 9.17) is 11.6 Å². The highest BCUT2D eigenvalue weighted by Crippen LogP contribution is 2.28. The first kappa shape index (κ1) is 25.6. The Hall–Kier alpha value is -3.08. The maximum absolute atomic E-state index is 13.2. The van der Waals surface area contributed by atoms with Crippen molar-refractivity contribution in [1.29, 1.82) is 0 Å². The van der Waals surface area contributed by atoms with Gasteiger partial charge in [-0.2, -0.15) is 0 Å². The SMILES string of the molecule is CN1CCc2nc(C(=O)N[C@@H]3C[C@H](C(=O)N(C)C)CCC3=NC(=O)c3cc4cc(Cl)ccc4[nH]3)sc2C1. The fraction of sp³-hybridized carbons (Fsp3) is 0.423. The Kier molecular flexibility index (Phi) is 7.15. The first-order valence-corrected chi connectivity index (χ1v) is 13.5.